The van der Waals surface area contributed by atoms with Crippen LogP contribution in [0.5, 0.6) is 0 Å². The van der Waals surface area contributed by atoms with E-state index in [1.54, 1.807) is 24.3 Å². The average molecular weight is 504 g/mol. The monoisotopic (exact) mass is 503 g/mol. The standard InChI is InChI=1S/C24H22ClNO5S2/c1-13-8-10-33-23(13)20-19(22(28)14-5-3-6-15(25)11-14)18(16-7-4-9-32-16)21(24(29)30)26(20)17(27)12-31-2/h3-11,18-21H,12H2,1-2H3,(H,29,30). The summed E-state index contributed by atoms with van der Waals surface area (Å²) in [6.45, 7) is 1.62. The summed E-state index contributed by atoms with van der Waals surface area (Å²) in [5.74, 6) is -3.39. The van der Waals surface area contributed by atoms with Gasteiger partial charge in [-0.2, -0.15) is 0 Å². The number of amides is 1. The Hall–Kier alpha value is -2.52. The van der Waals surface area contributed by atoms with Crippen LogP contribution in [-0.4, -0.2) is 47.4 Å². The number of carboxylic acid groups (broad SMARTS) is 1. The Bertz CT molecular complexity index is 1180. The molecule has 1 saturated heterocycles. The van der Waals surface area contributed by atoms with Gasteiger partial charge < -0.3 is 14.7 Å². The van der Waals surface area contributed by atoms with E-state index < -0.39 is 35.8 Å². The average Bonchev–Trinajstić information content (AvgIpc) is 3.51. The molecule has 1 amide bonds. The van der Waals surface area contributed by atoms with E-state index >= 15 is 0 Å². The van der Waals surface area contributed by atoms with E-state index in [0.717, 1.165) is 15.3 Å². The smallest absolute Gasteiger partial charge is 0.327 e. The number of hydrogen-bond donors (Lipinski definition) is 1. The largest absolute Gasteiger partial charge is 0.480 e. The van der Waals surface area contributed by atoms with Crippen LogP contribution in [0.3, 0.4) is 0 Å². The number of thiophene rings is 2. The van der Waals surface area contributed by atoms with Crippen molar-refractivity contribution in [3.63, 3.8) is 0 Å². The zero-order chi connectivity index (χ0) is 23.7. The van der Waals surface area contributed by atoms with Gasteiger partial charge in [0.1, 0.15) is 12.6 Å². The minimum atomic E-state index is -1.22. The van der Waals surface area contributed by atoms with Crippen molar-refractivity contribution < 1.29 is 24.2 Å². The molecule has 4 atom stereocenters. The third-order valence-electron chi connectivity index (χ3n) is 5.93. The molecule has 172 valence electrons. The molecule has 0 spiro atoms. The van der Waals surface area contributed by atoms with Crippen LogP contribution in [-0.2, 0) is 14.3 Å². The van der Waals surface area contributed by atoms with Gasteiger partial charge in [0, 0.05) is 33.4 Å². The van der Waals surface area contributed by atoms with E-state index in [4.69, 9.17) is 16.3 Å². The molecule has 1 aromatic carbocycles. The molecule has 6 nitrogen and oxygen atoms in total. The van der Waals surface area contributed by atoms with Crippen molar-refractivity contribution in [1.29, 1.82) is 0 Å². The first kappa shape index (κ1) is 23.6. The van der Waals surface area contributed by atoms with Crippen molar-refractivity contribution in [3.8, 4) is 0 Å². The van der Waals surface area contributed by atoms with Gasteiger partial charge in [-0.15, -0.1) is 22.7 Å². The number of aliphatic carboxylic acids is 1. The lowest BCUT2D eigenvalue weighted by atomic mass is 9.79. The van der Waals surface area contributed by atoms with E-state index in [-0.39, 0.29) is 12.4 Å². The van der Waals surface area contributed by atoms with Crippen molar-refractivity contribution in [2.45, 2.75) is 24.9 Å². The number of carbonyl (C=O) groups is 3. The molecular weight excluding hydrogens is 482 g/mol. The number of carbonyl (C=O) groups excluding carboxylic acids is 2. The summed E-state index contributed by atoms with van der Waals surface area (Å²) in [4.78, 5) is 42.8. The Kier molecular flexibility index (Phi) is 6.99. The maximum absolute atomic E-state index is 14.0. The Morgan fingerprint density at radius 1 is 1.12 bits per heavy atom. The number of benzene rings is 1. The molecule has 3 aromatic rings. The summed E-state index contributed by atoms with van der Waals surface area (Å²) in [5.41, 5.74) is 1.29. The fraction of sp³-hybridized carbons (Fsp3) is 0.292. The second-order valence-electron chi connectivity index (χ2n) is 7.87. The topological polar surface area (TPSA) is 83.9 Å². The predicted molar refractivity (Wildman–Crippen MR) is 128 cm³/mol. The highest BCUT2D eigenvalue weighted by atomic mass is 35.5. The number of ketones is 1. The van der Waals surface area contributed by atoms with Crippen LogP contribution in [0.1, 0.15) is 37.6 Å². The SMILES string of the molecule is COCC(=O)N1C(C(=O)O)C(c2cccs2)C(C(=O)c2cccc(Cl)c2)C1c1sccc1C. The number of methoxy groups -OCH3 is 1. The molecule has 3 heterocycles. The van der Waals surface area contributed by atoms with Crippen LogP contribution in [0.4, 0.5) is 0 Å². The third kappa shape index (κ3) is 4.36. The normalized spacial score (nSPS) is 22.5. The highest BCUT2D eigenvalue weighted by Gasteiger charge is 2.58. The van der Waals surface area contributed by atoms with E-state index in [1.807, 2.05) is 35.9 Å². The summed E-state index contributed by atoms with van der Waals surface area (Å²) in [7, 11) is 1.39. The molecule has 1 aliphatic rings. The van der Waals surface area contributed by atoms with Gasteiger partial charge in [0.2, 0.25) is 5.91 Å². The summed E-state index contributed by atoms with van der Waals surface area (Å²) < 4.78 is 5.08. The lowest BCUT2D eigenvalue weighted by Crippen LogP contribution is -2.45. The highest BCUT2D eigenvalue weighted by molar-refractivity contribution is 7.10. The molecule has 0 bridgehead atoms. The Morgan fingerprint density at radius 3 is 2.48 bits per heavy atom. The molecule has 9 heteroatoms. The molecule has 0 aliphatic carbocycles. The lowest BCUT2D eigenvalue weighted by molar-refractivity contribution is -0.151. The maximum atomic E-state index is 14.0. The molecule has 0 saturated carbocycles. The lowest BCUT2D eigenvalue weighted by Gasteiger charge is -2.29. The van der Waals surface area contributed by atoms with Gasteiger partial charge in [-0.3, -0.25) is 9.59 Å². The summed E-state index contributed by atoms with van der Waals surface area (Å²) in [5, 5.41) is 14.5. The Balaban J connectivity index is 1.96. The quantitative estimate of drug-likeness (QED) is 0.457. The zero-order valence-electron chi connectivity index (χ0n) is 17.9. The van der Waals surface area contributed by atoms with Crippen LogP contribution < -0.4 is 0 Å². The van der Waals surface area contributed by atoms with Gasteiger partial charge in [-0.25, -0.2) is 4.79 Å². The van der Waals surface area contributed by atoms with E-state index in [9.17, 15) is 19.5 Å². The molecule has 0 radical (unpaired) electrons. The molecule has 1 aliphatic heterocycles. The predicted octanol–water partition coefficient (Wildman–Crippen LogP) is 5.04. The van der Waals surface area contributed by atoms with Crippen LogP contribution in [0, 0.1) is 12.8 Å². The van der Waals surface area contributed by atoms with Gasteiger partial charge in [0.05, 0.1) is 12.0 Å². The van der Waals surface area contributed by atoms with Gasteiger partial charge in [-0.05, 0) is 47.5 Å². The first-order valence-corrected chi connectivity index (χ1v) is 12.4. The summed E-state index contributed by atoms with van der Waals surface area (Å²) >= 11 is 8.97. The van der Waals surface area contributed by atoms with E-state index in [1.165, 1.54) is 34.7 Å². The van der Waals surface area contributed by atoms with Crippen LogP contribution in [0.15, 0.2) is 53.2 Å². The van der Waals surface area contributed by atoms with Crippen molar-refractivity contribution in [3.05, 3.63) is 79.1 Å². The Morgan fingerprint density at radius 2 is 1.91 bits per heavy atom. The van der Waals surface area contributed by atoms with Crippen molar-refractivity contribution in [1.82, 2.24) is 4.90 Å². The minimum Gasteiger partial charge on any atom is -0.480 e. The molecule has 1 N–H and O–H groups in total. The second-order valence-corrected chi connectivity index (χ2v) is 10.2. The molecule has 4 rings (SSSR count). The molecule has 4 unspecified atom stereocenters. The summed E-state index contributed by atoms with van der Waals surface area (Å²) in [6.07, 6.45) is 0. The van der Waals surface area contributed by atoms with Gasteiger partial charge in [0.25, 0.3) is 0 Å². The summed E-state index contributed by atoms with van der Waals surface area (Å²) in [6, 6.07) is 10.2. The van der Waals surface area contributed by atoms with Crippen LogP contribution in [0.2, 0.25) is 5.02 Å². The van der Waals surface area contributed by atoms with Crippen molar-refractivity contribution >= 4 is 51.9 Å². The molecule has 33 heavy (non-hydrogen) atoms. The second kappa shape index (κ2) is 9.77. The number of rotatable bonds is 7. The van der Waals surface area contributed by atoms with E-state index in [0.29, 0.717) is 10.6 Å². The number of hydrogen-bond acceptors (Lipinski definition) is 6. The van der Waals surface area contributed by atoms with Gasteiger partial charge >= 0.3 is 5.97 Å². The number of nitrogens with zero attached hydrogens (tertiary/aromatic N) is 1. The number of halogens is 1. The number of aryl methyl sites for hydroxylation is 1. The molecule has 1 fully saturated rings. The fourth-order valence-corrected chi connectivity index (χ4v) is 6.79. The number of Topliss-reactive ketones (excluding diaryl/α,β-unsaturated/α-hetero) is 1. The van der Waals surface area contributed by atoms with Crippen LogP contribution in [0.25, 0.3) is 0 Å². The van der Waals surface area contributed by atoms with Crippen LogP contribution >= 0.6 is 34.3 Å². The number of ether oxygens (including phenoxy) is 1. The molecule has 2 aromatic heterocycles. The van der Waals surface area contributed by atoms with Gasteiger partial charge in [-0.1, -0.05) is 29.8 Å². The fourth-order valence-electron chi connectivity index (χ4n) is 4.62. The third-order valence-corrected chi connectivity index (χ3v) is 8.23. The number of carboxylic acids is 1. The maximum Gasteiger partial charge on any atom is 0.327 e. The van der Waals surface area contributed by atoms with E-state index in [2.05, 4.69) is 0 Å². The first-order valence-electron chi connectivity index (χ1n) is 10.2. The first-order chi connectivity index (χ1) is 15.8. The molecular formula is C24H22ClNO5S2. The Labute approximate surface area is 204 Å². The van der Waals surface area contributed by atoms with Gasteiger partial charge in [0.15, 0.2) is 5.78 Å². The highest BCUT2D eigenvalue weighted by Crippen LogP contribution is 2.53. The van der Waals surface area contributed by atoms with Crippen molar-refractivity contribution in [2.24, 2.45) is 5.92 Å². The number of likely N-dealkylation sites (tertiary alicyclic amines) is 1. The minimum absolute atomic E-state index is 0.243. The van der Waals surface area contributed by atoms with Crippen molar-refractivity contribution in [2.75, 3.05) is 13.7 Å². The zero-order valence-corrected chi connectivity index (χ0v) is 20.3.